The number of amides is 1. The van der Waals surface area contributed by atoms with Gasteiger partial charge in [-0.3, -0.25) is 4.79 Å². The SMILES string of the molecule is O=C(NCc1ccccc1Cn1cncn1)[C@@H]1CNCCO1. The standard InChI is InChI=1S/C15H19N5O2/c21-15(14-8-16-5-6-22-14)18-7-12-3-1-2-4-13(12)9-20-11-17-10-19-20/h1-4,10-11,14,16H,5-9H2,(H,18,21)/t14-/m0/s1. The third-order valence-corrected chi connectivity index (χ3v) is 3.59. The quantitative estimate of drug-likeness (QED) is 0.808. The van der Waals surface area contributed by atoms with E-state index in [0.29, 0.717) is 26.2 Å². The van der Waals surface area contributed by atoms with Crippen molar-refractivity contribution in [1.29, 1.82) is 0 Å². The third-order valence-electron chi connectivity index (χ3n) is 3.59. The van der Waals surface area contributed by atoms with Crippen molar-refractivity contribution in [1.82, 2.24) is 25.4 Å². The summed E-state index contributed by atoms with van der Waals surface area (Å²) in [4.78, 5) is 16.0. The first-order valence-electron chi connectivity index (χ1n) is 7.32. The van der Waals surface area contributed by atoms with Gasteiger partial charge in [0, 0.05) is 19.6 Å². The van der Waals surface area contributed by atoms with Crippen LogP contribution in [0, 0.1) is 0 Å². The molecule has 3 rings (SSSR count). The number of nitrogens with one attached hydrogen (secondary N) is 2. The van der Waals surface area contributed by atoms with Crippen LogP contribution in [0.5, 0.6) is 0 Å². The molecule has 1 fully saturated rings. The van der Waals surface area contributed by atoms with Crippen LogP contribution in [0.25, 0.3) is 0 Å². The number of aromatic nitrogens is 3. The van der Waals surface area contributed by atoms with E-state index in [2.05, 4.69) is 20.7 Å². The molecule has 1 aliphatic heterocycles. The van der Waals surface area contributed by atoms with Crippen LogP contribution in [-0.4, -0.2) is 46.5 Å². The maximum Gasteiger partial charge on any atom is 0.250 e. The van der Waals surface area contributed by atoms with Gasteiger partial charge in [-0.05, 0) is 11.1 Å². The molecule has 22 heavy (non-hydrogen) atoms. The molecular formula is C15H19N5O2. The summed E-state index contributed by atoms with van der Waals surface area (Å²) in [7, 11) is 0. The summed E-state index contributed by atoms with van der Waals surface area (Å²) in [5.41, 5.74) is 2.17. The molecule has 0 saturated carbocycles. The average Bonchev–Trinajstić information content (AvgIpc) is 3.07. The second kappa shape index (κ2) is 7.15. The minimum absolute atomic E-state index is 0.0808. The molecular weight excluding hydrogens is 282 g/mol. The number of carbonyl (C=O) groups is 1. The number of nitrogens with zero attached hydrogens (tertiary/aromatic N) is 3. The van der Waals surface area contributed by atoms with Gasteiger partial charge in [0.05, 0.1) is 13.2 Å². The van der Waals surface area contributed by atoms with Gasteiger partial charge in [-0.25, -0.2) is 9.67 Å². The smallest absolute Gasteiger partial charge is 0.250 e. The highest BCUT2D eigenvalue weighted by atomic mass is 16.5. The third kappa shape index (κ3) is 3.69. The molecule has 7 nitrogen and oxygen atoms in total. The Hall–Kier alpha value is -2.25. The lowest BCUT2D eigenvalue weighted by Gasteiger charge is -2.23. The molecule has 0 unspecified atom stereocenters. The lowest BCUT2D eigenvalue weighted by Crippen LogP contribution is -2.47. The normalized spacial score (nSPS) is 18.1. The van der Waals surface area contributed by atoms with Gasteiger partial charge >= 0.3 is 0 Å². The predicted molar refractivity (Wildman–Crippen MR) is 80.0 cm³/mol. The summed E-state index contributed by atoms with van der Waals surface area (Å²) in [5, 5.41) is 10.2. The Morgan fingerprint density at radius 2 is 2.27 bits per heavy atom. The minimum Gasteiger partial charge on any atom is -0.366 e. The molecule has 1 amide bonds. The first-order chi connectivity index (χ1) is 10.8. The van der Waals surface area contributed by atoms with Crippen LogP contribution in [0.3, 0.4) is 0 Å². The lowest BCUT2D eigenvalue weighted by atomic mass is 10.1. The van der Waals surface area contributed by atoms with Crippen LogP contribution in [0.4, 0.5) is 0 Å². The van der Waals surface area contributed by atoms with E-state index in [1.165, 1.54) is 6.33 Å². The molecule has 1 aliphatic rings. The number of hydrogen-bond acceptors (Lipinski definition) is 5. The maximum atomic E-state index is 12.1. The topological polar surface area (TPSA) is 81.1 Å². The van der Waals surface area contributed by atoms with E-state index in [9.17, 15) is 4.79 Å². The van der Waals surface area contributed by atoms with Gasteiger partial charge in [0.1, 0.15) is 18.8 Å². The largest absolute Gasteiger partial charge is 0.366 e. The van der Waals surface area contributed by atoms with E-state index in [1.54, 1.807) is 11.0 Å². The van der Waals surface area contributed by atoms with E-state index in [1.807, 2.05) is 24.3 Å². The van der Waals surface area contributed by atoms with Crippen molar-refractivity contribution in [3.63, 3.8) is 0 Å². The van der Waals surface area contributed by atoms with Crippen LogP contribution in [0.15, 0.2) is 36.9 Å². The number of carbonyl (C=O) groups excluding carboxylic acids is 1. The molecule has 2 N–H and O–H groups in total. The first kappa shape index (κ1) is 14.7. The van der Waals surface area contributed by atoms with Gasteiger partial charge in [-0.2, -0.15) is 5.10 Å². The summed E-state index contributed by atoms with van der Waals surface area (Å²) < 4.78 is 7.21. The van der Waals surface area contributed by atoms with Gasteiger partial charge in [0.25, 0.3) is 5.91 Å². The number of benzene rings is 1. The van der Waals surface area contributed by atoms with E-state index < -0.39 is 6.10 Å². The molecule has 2 heterocycles. The summed E-state index contributed by atoms with van der Waals surface area (Å²) in [5.74, 6) is -0.0808. The second-order valence-electron chi connectivity index (χ2n) is 5.14. The fourth-order valence-corrected chi connectivity index (χ4v) is 2.40. The molecule has 1 aromatic heterocycles. The van der Waals surface area contributed by atoms with E-state index in [0.717, 1.165) is 17.7 Å². The highest BCUT2D eigenvalue weighted by Crippen LogP contribution is 2.10. The van der Waals surface area contributed by atoms with Crippen molar-refractivity contribution >= 4 is 5.91 Å². The monoisotopic (exact) mass is 301 g/mol. The molecule has 0 bridgehead atoms. The van der Waals surface area contributed by atoms with Crippen LogP contribution in [-0.2, 0) is 22.6 Å². The van der Waals surface area contributed by atoms with Crippen molar-refractivity contribution in [2.75, 3.05) is 19.7 Å². The summed E-state index contributed by atoms with van der Waals surface area (Å²) in [6.07, 6.45) is 2.78. The van der Waals surface area contributed by atoms with E-state index in [4.69, 9.17) is 4.74 Å². The van der Waals surface area contributed by atoms with Crippen molar-refractivity contribution in [3.05, 3.63) is 48.0 Å². The zero-order chi connectivity index (χ0) is 15.2. The Kier molecular flexibility index (Phi) is 4.77. The van der Waals surface area contributed by atoms with Gasteiger partial charge in [0.2, 0.25) is 0 Å². The zero-order valence-electron chi connectivity index (χ0n) is 12.2. The molecule has 7 heteroatoms. The molecule has 2 aromatic rings. The van der Waals surface area contributed by atoms with Crippen LogP contribution in [0.1, 0.15) is 11.1 Å². The van der Waals surface area contributed by atoms with Crippen molar-refractivity contribution in [2.24, 2.45) is 0 Å². The van der Waals surface area contributed by atoms with Crippen LogP contribution >= 0.6 is 0 Å². The second-order valence-corrected chi connectivity index (χ2v) is 5.14. The van der Waals surface area contributed by atoms with Crippen LogP contribution < -0.4 is 10.6 Å². The molecule has 1 atom stereocenters. The maximum absolute atomic E-state index is 12.1. The molecule has 0 aliphatic carbocycles. The van der Waals surface area contributed by atoms with Crippen LogP contribution in [0.2, 0.25) is 0 Å². The molecule has 0 radical (unpaired) electrons. The first-order valence-corrected chi connectivity index (χ1v) is 7.32. The average molecular weight is 301 g/mol. The molecule has 116 valence electrons. The number of morpholine rings is 1. The number of ether oxygens (including phenoxy) is 1. The highest BCUT2D eigenvalue weighted by molar-refractivity contribution is 5.81. The fourth-order valence-electron chi connectivity index (χ4n) is 2.40. The lowest BCUT2D eigenvalue weighted by molar-refractivity contribution is -0.134. The van der Waals surface area contributed by atoms with Gasteiger partial charge in [-0.15, -0.1) is 0 Å². The Balaban J connectivity index is 1.61. The van der Waals surface area contributed by atoms with Gasteiger partial charge in [-0.1, -0.05) is 24.3 Å². The van der Waals surface area contributed by atoms with Crippen molar-refractivity contribution in [2.45, 2.75) is 19.2 Å². The zero-order valence-corrected chi connectivity index (χ0v) is 12.2. The van der Waals surface area contributed by atoms with Gasteiger partial charge < -0.3 is 15.4 Å². The summed E-state index contributed by atoms with van der Waals surface area (Å²) >= 11 is 0. The summed E-state index contributed by atoms with van der Waals surface area (Å²) in [6, 6.07) is 7.98. The molecule has 1 saturated heterocycles. The highest BCUT2D eigenvalue weighted by Gasteiger charge is 2.21. The summed E-state index contributed by atoms with van der Waals surface area (Å²) in [6.45, 7) is 3.04. The predicted octanol–water partition coefficient (Wildman–Crippen LogP) is -0.0690. The number of rotatable bonds is 5. The van der Waals surface area contributed by atoms with Crippen molar-refractivity contribution < 1.29 is 9.53 Å². The van der Waals surface area contributed by atoms with Gasteiger partial charge in [0.15, 0.2) is 0 Å². The fraction of sp³-hybridized carbons (Fsp3) is 0.400. The van der Waals surface area contributed by atoms with E-state index in [-0.39, 0.29) is 5.91 Å². The Morgan fingerprint density at radius 3 is 3.00 bits per heavy atom. The Morgan fingerprint density at radius 1 is 1.41 bits per heavy atom. The minimum atomic E-state index is -0.406. The molecule has 1 aromatic carbocycles. The number of hydrogen-bond donors (Lipinski definition) is 2. The Bertz CT molecular complexity index is 608. The molecule has 0 spiro atoms. The Labute approximate surface area is 128 Å². The van der Waals surface area contributed by atoms with Crippen molar-refractivity contribution in [3.8, 4) is 0 Å². The van der Waals surface area contributed by atoms with E-state index >= 15 is 0 Å².